The van der Waals surface area contributed by atoms with E-state index < -0.39 is 78.2 Å². The Morgan fingerprint density at radius 1 is 0.917 bits per heavy atom. The van der Waals surface area contributed by atoms with Gasteiger partial charge in [0.15, 0.2) is 10.4 Å². The Labute approximate surface area is 414 Å². The molecule has 3 aromatic heterocycles. The molecule has 2 atom stereocenters. The summed E-state index contributed by atoms with van der Waals surface area (Å²) in [5, 5.41) is 27.1. The molecule has 0 fully saturated rings. The highest BCUT2D eigenvalue weighted by Crippen LogP contribution is 2.40. The van der Waals surface area contributed by atoms with Crippen molar-refractivity contribution in [3.63, 3.8) is 0 Å². The molecule has 0 unspecified atom stereocenters. The highest BCUT2D eigenvalue weighted by atomic mass is 32.1. The molecule has 22 nitrogen and oxygen atoms in total. The highest BCUT2D eigenvalue weighted by molar-refractivity contribution is 7.71. The fourth-order valence-electron chi connectivity index (χ4n) is 8.00. The fraction of sp³-hybridized carbons (Fsp3) is 0.354. The van der Waals surface area contributed by atoms with Crippen molar-refractivity contribution in [2.75, 3.05) is 52.6 Å². The molecule has 5 aromatic rings. The number of ether oxygens (including phenoxy) is 3. The summed E-state index contributed by atoms with van der Waals surface area (Å²) < 4.78 is 32.5. The molecule has 7 rings (SSSR count). The quantitative estimate of drug-likeness (QED) is 0.0255. The number of H-pyrrole nitrogens is 1. The summed E-state index contributed by atoms with van der Waals surface area (Å²) in [6.07, 6.45) is 2.75. The lowest BCUT2D eigenvalue weighted by atomic mass is 9.86. The summed E-state index contributed by atoms with van der Waals surface area (Å²) in [6.45, 7) is 1.37. The van der Waals surface area contributed by atoms with Gasteiger partial charge in [0.1, 0.15) is 25.1 Å². The van der Waals surface area contributed by atoms with E-state index in [1.165, 1.54) is 29.1 Å². The van der Waals surface area contributed by atoms with Gasteiger partial charge in [0.25, 0.3) is 11.5 Å². The van der Waals surface area contributed by atoms with Crippen molar-refractivity contribution in [1.82, 2.24) is 51.4 Å². The van der Waals surface area contributed by atoms with Crippen molar-refractivity contribution in [2.45, 2.75) is 58.0 Å². The Morgan fingerprint density at radius 3 is 2.39 bits per heavy atom. The lowest BCUT2D eigenvalue weighted by molar-refractivity contribution is -0.172. The van der Waals surface area contributed by atoms with Gasteiger partial charge < -0.3 is 60.8 Å². The predicted octanol–water partition coefficient (Wildman–Crippen LogP) is 0.135. The maximum absolute atomic E-state index is 15.0. The van der Waals surface area contributed by atoms with Gasteiger partial charge in [-0.2, -0.15) is 0 Å². The number of carbonyl (C=O) groups is 7. The fourth-order valence-corrected chi connectivity index (χ4v) is 8.11. The number of nitrogens with one attached hydrogen (secondary N) is 7. The van der Waals surface area contributed by atoms with Gasteiger partial charge in [-0.25, -0.2) is 19.2 Å². The van der Waals surface area contributed by atoms with Crippen molar-refractivity contribution in [3.05, 3.63) is 121 Å². The van der Waals surface area contributed by atoms with E-state index in [1.54, 1.807) is 50.2 Å². The summed E-state index contributed by atoms with van der Waals surface area (Å²) in [5.74, 6) is -5.15. The molecule has 2 aromatic carbocycles. The van der Waals surface area contributed by atoms with Crippen LogP contribution in [0.4, 0.5) is 4.39 Å². The summed E-state index contributed by atoms with van der Waals surface area (Å²) in [6, 6.07) is 11.9. The third kappa shape index (κ3) is 12.4. The molecule has 5 heterocycles. The minimum absolute atomic E-state index is 0.0103. The maximum atomic E-state index is 15.0. The van der Waals surface area contributed by atoms with Gasteiger partial charge in [-0.3, -0.25) is 33.6 Å². The minimum atomic E-state index is -2.06. The molecular formula is C48H51FN10O12S. The number of halogens is 1. The number of aryl methyl sites for hydroxylation is 1. The van der Waals surface area contributed by atoms with Gasteiger partial charge in [0, 0.05) is 54.5 Å². The Hall–Kier alpha value is -7.80. The van der Waals surface area contributed by atoms with Crippen molar-refractivity contribution in [3.8, 4) is 11.4 Å². The van der Waals surface area contributed by atoms with E-state index in [0.717, 1.165) is 0 Å². The summed E-state index contributed by atoms with van der Waals surface area (Å²) in [7, 11) is 0. The van der Waals surface area contributed by atoms with Gasteiger partial charge in [-0.15, -0.1) is 0 Å². The number of amides is 6. The molecule has 0 bridgehead atoms. The standard InChI is InChI=1S/C48H51FN10O12S/c1-3-48(68)33-15-37-42-31(23-59(37)45(66)32(33)24-71-46(48)67)30(29-13-26(2)34(49)16-35(29)58-42)19-51-39(61)21-54-44(65)36(14-27-7-5-4-6-8-27)57-40(62)22-52-38(60)20-53-41(63)25-70-12-11-69-10-9-50-43(64)28-17-55-47(72)56-18-28/h4-8,13,15-18,36,68H,3,9-12,14,19-25H2,1-2H3,(H,50,64)(H,51,61)(H,52,60)(H,53,63)(H,54,65)(H,57,62)(H,55,56,72)/t36-,48+/m0/s1. The minimum Gasteiger partial charge on any atom is -0.458 e. The average molecular weight is 1010 g/mol. The molecule has 0 spiro atoms. The number of carbonyl (C=O) groups excluding carboxylic acids is 7. The molecule has 2 aliphatic rings. The van der Waals surface area contributed by atoms with Gasteiger partial charge in [0.2, 0.25) is 29.5 Å². The number of cyclic esters (lactones) is 1. The molecule has 72 heavy (non-hydrogen) atoms. The first kappa shape index (κ1) is 52.0. The molecule has 0 radical (unpaired) electrons. The normalized spacial score (nSPS) is 14.8. The third-order valence-corrected chi connectivity index (χ3v) is 12.1. The van der Waals surface area contributed by atoms with Crippen LogP contribution in [0.25, 0.3) is 22.3 Å². The highest BCUT2D eigenvalue weighted by Gasteiger charge is 2.45. The van der Waals surface area contributed by atoms with Gasteiger partial charge in [0.05, 0.1) is 74.0 Å². The predicted molar refractivity (Wildman–Crippen MR) is 256 cm³/mol. The smallest absolute Gasteiger partial charge is 0.343 e. The van der Waals surface area contributed by atoms with Crippen LogP contribution in [0.2, 0.25) is 0 Å². The van der Waals surface area contributed by atoms with Crippen LogP contribution in [0.15, 0.2) is 65.7 Å². The van der Waals surface area contributed by atoms with Crippen LogP contribution in [0, 0.1) is 17.5 Å². The molecule has 6 amide bonds. The molecule has 0 saturated heterocycles. The molecule has 8 N–H and O–H groups in total. The van der Waals surface area contributed by atoms with E-state index in [4.69, 9.17) is 31.4 Å². The summed E-state index contributed by atoms with van der Waals surface area (Å²) in [5.41, 5.74) is 0.855. The first-order chi connectivity index (χ1) is 34.6. The maximum Gasteiger partial charge on any atom is 0.343 e. The number of benzene rings is 2. The Balaban J connectivity index is 0.888. The zero-order valence-electron chi connectivity index (χ0n) is 39.1. The van der Waals surface area contributed by atoms with E-state index in [2.05, 4.69) is 41.9 Å². The van der Waals surface area contributed by atoms with Crippen molar-refractivity contribution < 1.29 is 57.3 Å². The number of rotatable bonds is 22. The number of hydrogen-bond acceptors (Lipinski definition) is 15. The third-order valence-electron chi connectivity index (χ3n) is 11.9. The second kappa shape index (κ2) is 23.4. The number of aromatic nitrogens is 4. The van der Waals surface area contributed by atoms with E-state index in [9.17, 15) is 47.9 Å². The Kier molecular flexibility index (Phi) is 16.9. The van der Waals surface area contributed by atoms with Crippen LogP contribution >= 0.6 is 12.2 Å². The van der Waals surface area contributed by atoms with Crippen LogP contribution in [-0.2, 0) is 74.7 Å². The Bertz CT molecular complexity index is 3040. The number of aromatic amines is 1. The lowest BCUT2D eigenvalue weighted by Gasteiger charge is -2.31. The van der Waals surface area contributed by atoms with Crippen LogP contribution < -0.4 is 37.5 Å². The van der Waals surface area contributed by atoms with E-state index in [0.29, 0.717) is 44.6 Å². The number of aliphatic hydroxyl groups is 1. The molecule has 0 aliphatic carbocycles. The number of pyridine rings is 2. The molecule has 24 heteroatoms. The molecular weight excluding hydrogens is 960 g/mol. The topological polar surface area (TPSA) is 303 Å². The van der Waals surface area contributed by atoms with E-state index in [-0.39, 0.29) is 92.8 Å². The first-order valence-corrected chi connectivity index (χ1v) is 23.1. The number of fused-ring (bicyclic) bond motifs is 5. The summed E-state index contributed by atoms with van der Waals surface area (Å²) >= 11 is 4.85. The van der Waals surface area contributed by atoms with Crippen LogP contribution in [0.5, 0.6) is 0 Å². The largest absolute Gasteiger partial charge is 0.458 e. The molecule has 378 valence electrons. The van der Waals surface area contributed by atoms with Crippen molar-refractivity contribution in [2.24, 2.45) is 0 Å². The zero-order chi connectivity index (χ0) is 51.5. The summed E-state index contributed by atoms with van der Waals surface area (Å²) in [4.78, 5) is 115. The van der Waals surface area contributed by atoms with Crippen LogP contribution in [-0.4, -0.2) is 125 Å². The first-order valence-electron chi connectivity index (χ1n) is 22.7. The zero-order valence-corrected chi connectivity index (χ0v) is 39.9. The van der Waals surface area contributed by atoms with E-state index in [1.807, 2.05) is 0 Å². The molecule has 2 aliphatic heterocycles. The number of hydrogen-bond donors (Lipinski definition) is 8. The Morgan fingerprint density at radius 2 is 1.64 bits per heavy atom. The number of esters is 1. The second-order valence-corrected chi connectivity index (χ2v) is 17.1. The van der Waals surface area contributed by atoms with Gasteiger partial charge >= 0.3 is 5.97 Å². The molecule has 0 saturated carbocycles. The number of nitrogens with zero attached hydrogens (tertiary/aromatic N) is 3. The van der Waals surface area contributed by atoms with E-state index >= 15 is 0 Å². The van der Waals surface area contributed by atoms with Crippen LogP contribution in [0.3, 0.4) is 0 Å². The van der Waals surface area contributed by atoms with Crippen molar-refractivity contribution in [1.29, 1.82) is 0 Å². The monoisotopic (exact) mass is 1010 g/mol. The van der Waals surface area contributed by atoms with Gasteiger partial charge in [-0.1, -0.05) is 37.3 Å². The SMILES string of the molecule is CC[C@]1(O)C(=O)OCc2c1cc1n(c2=O)Cc2c-1nc1cc(F)c(C)cc1c2CNC(=O)CNC(=O)[C@H](Cc1ccccc1)NC(=O)CNC(=O)CNC(=O)COCCOCCNC(=O)c1cnc(=S)[nH]c1. The van der Waals surface area contributed by atoms with Crippen molar-refractivity contribution >= 4 is 64.5 Å². The van der Waals surface area contributed by atoms with Gasteiger partial charge in [-0.05, 0) is 54.4 Å². The average Bonchev–Trinajstić information content (AvgIpc) is 3.74. The second-order valence-electron chi connectivity index (χ2n) is 16.7. The van der Waals surface area contributed by atoms with Crippen LogP contribution in [0.1, 0.15) is 57.1 Å². The lowest BCUT2D eigenvalue weighted by Crippen LogP contribution is -2.52.